The van der Waals surface area contributed by atoms with Crippen molar-refractivity contribution in [3.05, 3.63) is 77.8 Å². The first-order valence-electron chi connectivity index (χ1n) is 8.14. The van der Waals surface area contributed by atoms with E-state index >= 15 is 0 Å². The summed E-state index contributed by atoms with van der Waals surface area (Å²) in [6, 6.07) is 20.0. The van der Waals surface area contributed by atoms with Gasteiger partial charge >= 0.3 is 6.09 Å². The third-order valence-corrected chi connectivity index (χ3v) is 3.77. The first-order chi connectivity index (χ1) is 12.1. The molecule has 0 aromatic heterocycles. The Morgan fingerprint density at radius 1 is 0.960 bits per heavy atom. The quantitative estimate of drug-likeness (QED) is 0.815. The fourth-order valence-corrected chi connectivity index (χ4v) is 2.61. The van der Waals surface area contributed by atoms with Gasteiger partial charge in [0.25, 0.3) is 0 Å². The highest BCUT2D eigenvalue weighted by molar-refractivity contribution is 5.74. The molecule has 131 valence electrons. The van der Waals surface area contributed by atoms with Crippen molar-refractivity contribution in [2.24, 2.45) is 0 Å². The lowest BCUT2D eigenvalue weighted by Crippen LogP contribution is -2.47. The van der Waals surface area contributed by atoms with Gasteiger partial charge in [0, 0.05) is 13.3 Å². The molecule has 5 nitrogen and oxygen atoms in total. The topological polar surface area (TPSA) is 67.4 Å². The maximum atomic E-state index is 11.8. The van der Waals surface area contributed by atoms with E-state index in [-0.39, 0.29) is 11.9 Å². The van der Waals surface area contributed by atoms with Gasteiger partial charge in [-0.15, -0.1) is 0 Å². The molecule has 1 atom stereocenters. The van der Waals surface area contributed by atoms with Crippen molar-refractivity contribution in [3.63, 3.8) is 0 Å². The number of ether oxygens (including phenoxy) is 1. The van der Waals surface area contributed by atoms with Gasteiger partial charge in [-0.25, -0.2) is 4.79 Å². The van der Waals surface area contributed by atoms with E-state index in [2.05, 4.69) is 10.6 Å². The molecule has 2 N–H and O–H groups in total. The highest BCUT2D eigenvalue weighted by Crippen LogP contribution is 2.17. The minimum atomic E-state index is -0.547. The van der Waals surface area contributed by atoms with Crippen LogP contribution in [0, 0.1) is 6.04 Å². The zero-order valence-electron chi connectivity index (χ0n) is 14.5. The van der Waals surface area contributed by atoms with E-state index in [0.29, 0.717) is 18.9 Å². The Kier molecular flexibility index (Phi) is 7.01. The van der Waals surface area contributed by atoms with Crippen molar-refractivity contribution in [2.75, 3.05) is 7.11 Å². The minimum Gasteiger partial charge on any atom is -0.453 e. The van der Waals surface area contributed by atoms with Gasteiger partial charge in [0.1, 0.15) is 0 Å². The summed E-state index contributed by atoms with van der Waals surface area (Å²) in [6.45, 7) is 1.47. The Hall–Kier alpha value is -2.82. The summed E-state index contributed by atoms with van der Waals surface area (Å²) in [4.78, 5) is 23.5. The standard InChI is InChI=1S/C20H23N2O3/c1-15(23)21-18(13-16-9-5-3-6-10-16)19(22-20(24)25-2)14-17-11-7-4-8-12-17/h3-12,18H,13-14H2,1-2H3,(H,21,23)(H,22,24). The number of rotatable bonds is 7. The molecule has 5 heteroatoms. The van der Waals surface area contributed by atoms with E-state index in [1.165, 1.54) is 14.0 Å². The number of nitrogens with one attached hydrogen (secondary N) is 2. The smallest absolute Gasteiger partial charge is 0.407 e. The van der Waals surface area contributed by atoms with Crippen molar-refractivity contribution in [2.45, 2.75) is 25.8 Å². The van der Waals surface area contributed by atoms with E-state index in [9.17, 15) is 9.59 Å². The van der Waals surface area contributed by atoms with Crippen LogP contribution in [0.1, 0.15) is 18.1 Å². The van der Waals surface area contributed by atoms with Crippen LogP contribution in [0.5, 0.6) is 0 Å². The number of amides is 2. The first-order valence-corrected chi connectivity index (χ1v) is 8.14. The molecule has 0 aliphatic rings. The molecule has 0 bridgehead atoms. The Bertz CT molecular complexity index is 674. The summed E-state index contributed by atoms with van der Waals surface area (Å²) < 4.78 is 4.74. The van der Waals surface area contributed by atoms with E-state index in [1.54, 1.807) is 0 Å². The number of carbonyl (C=O) groups is 2. The highest BCUT2D eigenvalue weighted by atomic mass is 16.5. The van der Waals surface area contributed by atoms with Crippen LogP contribution >= 0.6 is 0 Å². The number of benzene rings is 2. The van der Waals surface area contributed by atoms with Crippen molar-refractivity contribution in [1.82, 2.24) is 10.6 Å². The van der Waals surface area contributed by atoms with Gasteiger partial charge < -0.3 is 15.4 Å². The molecule has 0 saturated carbocycles. The van der Waals surface area contributed by atoms with Crippen LogP contribution in [0.3, 0.4) is 0 Å². The molecule has 0 saturated heterocycles. The lowest BCUT2D eigenvalue weighted by atomic mass is 9.94. The molecule has 2 amide bonds. The van der Waals surface area contributed by atoms with Crippen LogP contribution in [0.2, 0.25) is 0 Å². The molecule has 0 fully saturated rings. The Labute approximate surface area is 148 Å². The summed E-state index contributed by atoms with van der Waals surface area (Å²) in [5.41, 5.74) is 2.11. The van der Waals surface area contributed by atoms with Gasteiger partial charge in [0.05, 0.1) is 19.2 Å². The number of methoxy groups -OCH3 is 1. The fraction of sp³-hybridized carbons (Fsp3) is 0.250. The van der Waals surface area contributed by atoms with Crippen LogP contribution in [-0.2, 0) is 22.4 Å². The van der Waals surface area contributed by atoms with Crippen molar-refractivity contribution >= 4 is 12.0 Å². The minimum absolute atomic E-state index is 0.154. The van der Waals surface area contributed by atoms with Crippen molar-refractivity contribution in [1.29, 1.82) is 0 Å². The van der Waals surface area contributed by atoms with E-state index in [1.807, 2.05) is 60.7 Å². The molecule has 2 aromatic rings. The third-order valence-electron chi connectivity index (χ3n) is 3.77. The predicted octanol–water partition coefficient (Wildman–Crippen LogP) is 2.86. The molecular weight excluding hydrogens is 316 g/mol. The Balaban J connectivity index is 2.23. The van der Waals surface area contributed by atoms with Crippen LogP contribution in [0.25, 0.3) is 0 Å². The first kappa shape index (κ1) is 18.5. The fourth-order valence-electron chi connectivity index (χ4n) is 2.61. The normalized spacial score (nSPS) is 11.6. The lowest BCUT2D eigenvalue weighted by molar-refractivity contribution is -0.119. The van der Waals surface area contributed by atoms with Crippen LogP contribution in [0.4, 0.5) is 4.79 Å². The molecular formula is C20H23N2O3. The van der Waals surface area contributed by atoms with Crippen molar-refractivity contribution in [3.8, 4) is 0 Å². The maximum Gasteiger partial charge on any atom is 0.407 e. The van der Waals surface area contributed by atoms with Gasteiger partial charge in [-0.2, -0.15) is 0 Å². The second-order valence-corrected chi connectivity index (χ2v) is 5.75. The highest BCUT2D eigenvalue weighted by Gasteiger charge is 2.26. The van der Waals surface area contributed by atoms with Crippen LogP contribution < -0.4 is 10.6 Å². The average Bonchev–Trinajstić information content (AvgIpc) is 2.62. The van der Waals surface area contributed by atoms with Gasteiger partial charge in [0.15, 0.2) is 0 Å². The molecule has 0 spiro atoms. The van der Waals surface area contributed by atoms with Gasteiger partial charge in [-0.05, 0) is 17.5 Å². The van der Waals surface area contributed by atoms with Gasteiger partial charge in [0.2, 0.25) is 5.91 Å². The number of carbonyl (C=O) groups excluding carboxylic acids is 2. The zero-order valence-corrected chi connectivity index (χ0v) is 14.5. The largest absolute Gasteiger partial charge is 0.453 e. The molecule has 0 aliphatic carbocycles. The molecule has 2 rings (SSSR count). The third kappa shape index (κ3) is 6.30. The Morgan fingerprint density at radius 2 is 1.52 bits per heavy atom. The van der Waals surface area contributed by atoms with E-state index in [4.69, 9.17) is 4.74 Å². The number of hydrogen-bond acceptors (Lipinski definition) is 3. The summed E-state index contributed by atoms with van der Waals surface area (Å²) in [7, 11) is 1.32. The number of alkyl carbamates (subject to hydrolysis) is 1. The predicted molar refractivity (Wildman–Crippen MR) is 96.7 cm³/mol. The summed E-state index contributed by atoms with van der Waals surface area (Å²) >= 11 is 0. The second-order valence-electron chi connectivity index (χ2n) is 5.75. The molecule has 25 heavy (non-hydrogen) atoms. The lowest BCUT2D eigenvalue weighted by Gasteiger charge is -2.27. The number of hydrogen-bond donors (Lipinski definition) is 2. The average molecular weight is 339 g/mol. The van der Waals surface area contributed by atoms with E-state index in [0.717, 1.165) is 11.1 Å². The summed E-state index contributed by atoms with van der Waals surface area (Å²) in [5, 5.41) is 5.71. The van der Waals surface area contributed by atoms with Crippen LogP contribution in [-0.4, -0.2) is 25.2 Å². The second kappa shape index (κ2) is 9.47. The molecule has 0 heterocycles. The molecule has 1 unspecified atom stereocenters. The van der Waals surface area contributed by atoms with Crippen molar-refractivity contribution < 1.29 is 14.3 Å². The SMILES string of the molecule is COC(=O)N[C](Cc1ccccc1)C(Cc1ccccc1)NC(C)=O. The molecule has 1 radical (unpaired) electrons. The monoisotopic (exact) mass is 339 g/mol. The maximum absolute atomic E-state index is 11.8. The zero-order chi connectivity index (χ0) is 18.1. The van der Waals surface area contributed by atoms with E-state index < -0.39 is 6.09 Å². The van der Waals surface area contributed by atoms with Gasteiger partial charge in [-0.1, -0.05) is 60.7 Å². The summed E-state index contributed by atoms with van der Waals surface area (Å²) in [6.07, 6.45) is 0.537. The Morgan fingerprint density at radius 3 is 2.04 bits per heavy atom. The molecule has 0 aliphatic heterocycles. The summed E-state index contributed by atoms with van der Waals surface area (Å²) in [5.74, 6) is -0.154. The van der Waals surface area contributed by atoms with Crippen LogP contribution in [0.15, 0.2) is 60.7 Å². The molecule has 2 aromatic carbocycles. The van der Waals surface area contributed by atoms with Gasteiger partial charge in [-0.3, -0.25) is 4.79 Å².